The van der Waals surface area contributed by atoms with Gasteiger partial charge in [-0.2, -0.15) is 5.10 Å². The molecule has 1 fully saturated rings. The number of rotatable bonds is 7. The molecule has 5 rings (SSSR count). The maximum Gasteiger partial charge on any atom is 0.247 e. The van der Waals surface area contributed by atoms with Gasteiger partial charge < -0.3 is 14.2 Å². The van der Waals surface area contributed by atoms with E-state index in [1.807, 2.05) is 18.2 Å². The van der Waals surface area contributed by atoms with E-state index < -0.39 is 0 Å². The molecule has 4 atom stereocenters. The summed E-state index contributed by atoms with van der Waals surface area (Å²) in [5.74, 6) is 1.40. The summed E-state index contributed by atoms with van der Waals surface area (Å²) >= 11 is 0. The number of amides is 1. The maximum atomic E-state index is 13.5. The van der Waals surface area contributed by atoms with Crippen molar-refractivity contribution < 1.29 is 19.0 Å². The van der Waals surface area contributed by atoms with Crippen LogP contribution < -0.4 is 9.47 Å². The monoisotopic (exact) mass is 503 g/mol. The van der Waals surface area contributed by atoms with Crippen molar-refractivity contribution in [1.82, 2.24) is 9.91 Å². The van der Waals surface area contributed by atoms with Gasteiger partial charge in [-0.1, -0.05) is 36.4 Å². The minimum atomic E-state index is -0.102. The van der Waals surface area contributed by atoms with E-state index in [4.69, 9.17) is 19.3 Å². The van der Waals surface area contributed by atoms with Crippen molar-refractivity contribution in [3.05, 3.63) is 71.3 Å². The van der Waals surface area contributed by atoms with Crippen LogP contribution in [0, 0.1) is 11.8 Å². The van der Waals surface area contributed by atoms with Gasteiger partial charge in [-0.15, -0.1) is 0 Å². The summed E-state index contributed by atoms with van der Waals surface area (Å²) in [5.41, 5.74) is 4.23. The summed E-state index contributed by atoms with van der Waals surface area (Å²) in [6, 6.07) is 14.4. The Morgan fingerprint density at radius 1 is 0.865 bits per heavy atom. The van der Waals surface area contributed by atoms with Gasteiger partial charge in [0.2, 0.25) is 5.91 Å². The van der Waals surface area contributed by atoms with Gasteiger partial charge in [-0.25, -0.2) is 5.01 Å². The van der Waals surface area contributed by atoms with Gasteiger partial charge in [0.05, 0.1) is 44.6 Å². The quantitative estimate of drug-likeness (QED) is 0.515. The molecule has 2 aromatic rings. The number of fused-ring (bicyclic) bond motifs is 1. The molecule has 7 heteroatoms. The first kappa shape index (κ1) is 25.5. The van der Waals surface area contributed by atoms with Gasteiger partial charge in [0.25, 0.3) is 0 Å². The fourth-order valence-corrected chi connectivity index (χ4v) is 5.81. The van der Waals surface area contributed by atoms with Crippen molar-refractivity contribution in [2.75, 3.05) is 27.3 Å². The van der Waals surface area contributed by atoms with E-state index in [2.05, 4.69) is 55.2 Å². The lowest BCUT2D eigenvalue weighted by Crippen LogP contribution is -2.45. The minimum absolute atomic E-state index is 0.0625. The summed E-state index contributed by atoms with van der Waals surface area (Å²) < 4.78 is 16.8. The standard InChI is InChI=1S/C30H37N3O4/c1-20-16-32(17-21(2)37-20)18-22-9-11-23(12-10-22)19-33-30(34)26-8-6-5-7-25(26)29(31-33)24-13-14-27(35-3)28(15-24)36-4/h5-6,9-15,20-21,25-26H,7-8,16-19H2,1-4H3/t20-,21+,25-,26+/m0/s1. The average molecular weight is 504 g/mol. The van der Waals surface area contributed by atoms with Crippen LogP contribution in [-0.4, -0.2) is 61.0 Å². The van der Waals surface area contributed by atoms with E-state index in [0.717, 1.165) is 49.3 Å². The zero-order chi connectivity index (χ0) is 25.9. The highest BCUT2D eigenvalue weighted by atomic mass is 16.5. The average Bonchev–Trinajstić information content (AvgIpc) is 2.90. The summed E-state index contributed by atoms with van der Waals surface area (Å²) in [7, 11) is 3.27. The van der Waals surface area contributed by atoms with Crippen LogP contribution in [0.4, 0.5) is 0 Å². The number of allylic oxidation sites excluding steroid dienone is 2. The number of nitrogens with zero attached hydrogens (tertiary/aromatic N) is 3. The van der Waals surface area contributed by atoms with Gasteiger partial charge in [0, 0.05) is 31.1 Å². The smallest absolute Gasteiger partial charge is 0.247 e. The Morgan fingerprint density at radius 2 is 1.49 bits per heavy atom. The number of carbonyl (C=O) groups excluding carboxylic acids is 1. The maximum absolute atomic E-state index is 13.5. The molecule has 0 radical (unpaired) electrons. The zero-order valence-electron chi connectivity index (χ0n) is 22.2. The number of carbonyl (C=O) groups is 1. The number of ether oxygens (including phenoxy) is 3. The number of benzene rings is 2. The largest absolute Gasteiger partial charge is 0.493 e. The van der Waals surface area contributed by atoms with E-state index >= 15 is 0 Å². The summed E-state index contributed by atoms with van der Waals surface area (Å²) in [5, 5.41) is 6.58. The lowest BCUT2D eigenvalue weighted by atomic mass is 9.76. The predicted molar refractivity (Wildman–Crippen MR) is 144 cm³/mol. The van der Waals surface area contributed by atoms with Crippen molar-refractivity contribution >= 4 is 11.6 Å². The second kappa shape index (κ2) is 11.1. The number of hydrogen-bond donors (Lipinski definition) is 0. The fraction of sp³-hybridized carbons (Fsp3) is 0.467. The molecule has 0 spiro atoms. The first-order chi connectivity index (χ1) is 17.9. The Balaban J connectivity index is 1.36. The van der Waals surface area contributed by atoms with Crippen LogP contribution in [0.2, 0.25) is 0 Å². The van der Waals surface area contributed by atoms with Crippen LogP contribution in [0.3, 0.4) is 0 Å². The third-order valence-corrected chi connectivity index (χ3v) is 7.52. The van der Waals surface area contributed by atoms with E-state index in [-0.39, 0.29) is 30.0 Å². The molecule has 0 aromatic heterocycles. The normalized spacial score (nSPS) is 26.0. The Hall–Kier alpha value is -3.16. The van der Waals surface area contributed by atoms with Gasteiger partial charge in [0.1, 0.15) is 0 Å². The molecule has 0 bridgehead atoms. The van der Waals surface area contributed by atoms with Crippen molar-refractivity contribution in [3.8, 4) is 11.5 Å². The number of methoxy groups -OCH3 is 2. The van der Waals surface area contributed by atoms with Crippen molar-refractivity contribution in [1.29, 1.82) is 0 Å². The second-order valence-electron chi connectivity index (χ2n) is 10.4. The Kier molecular flexibility index (Phi) is 7.63. The van der Waals surface area contributed by atoms with E-state index in [1.165, 1.54) is 5.56 Å². The van der Waals surface area contributed by atoms with Gasteiger partial charge in [-0.3, -0.25) is 9.69 Å². The summed E-state index contributed by atoms with van der Waals surface area (Å²) in [6.45, 7) is 7.50. The van der Waals surface area contributed by atoms with Gasteiger partial charge in [0.15, 0.2) is 11.5 Å². The summed E-state index contributed by atoms with van der Waals surface area (Å²) in [4.78, 5) is 15.9. The lowest BCUT2D eigenvalue weighted by molar-refractivity contribution is -0.138. The highest BCUT2D eigenvalue weighted by Crippen LogP contribution is 2.37. The van der Waals surface area contributed by atoms with Crippen LogP contribution in [0.15, 0.2) is 59.7 Å². The highest BCUT2D eigenvalue weighted by molar-refractivity contribution is 6.07. The molecule has 2 aliphatic heterocycles. The first-order valence-corrected chi connectivity index (χ1v) is 13.2. The van der Waals surface area contributed by atoms with Crippen molar-refractivity contribution in [3.63, 3.8) is 0 Å². The van der Waals surface area contributed by atoms with Crippen LogP contribution in [-0.2, 0) is 22.6 Å². The fourth-order valence-electron chi connectivity index (χ4n) is 5.81. The molecule has 2 aromatic carbocycles. The Bertz CT molecular complexity index is 1170. The molecule has 0 unspecified atom stereocenters. The SMILES string of the molecule is COc1ccc(C2=NN(Cc3ccc(CN4C[C@@H](C)O[C@@H](C)C4)cc3)C(=O)[C@@H]3CC=CC[C@H]23)cc1OC. The molecule has 7 nitrogen and oxygen atoms in total. The van der Waals surface area contributed by atoms with Crippen LogP contribution >= 0.6 is 0 Å². The lowest BCUT2D eigenvalue weighted by Gasteiger charge is -2.37. The van der Waals surface area contributed by atoms with Gasteiger partial charge >= 0.3 is 0 Å². The molecule has 2 heterocycles. The number of hydrogen-bond acceptors (Lipinski definition) is 6. The van der Waals surface area contributed by atoms with E-state index in [0.29, 0.717) is 18.0 Å². The van der Waals surface area contributed by atoms with Crippen LogP contribution in [0.5, 0.6) is 11.5 Å². The van der Waals surface area contributed by atoms with Crippen molar-refractivity contribution in [2.45, 2.75) is 52.0 Å². The Labute approximate surface area is 219 Å². The number of morpholine rings is 1. The zero-order valence-corrected chi connectivity index (χ0v) is 22.2. The van der Waals surface area contributed by atoms with Crippen LogP contribution in [0.25, 0.3) is 0 Å². The molecule has 3 aliphatic rings. The molecular weight excluding hydrogens is 466 g/mol. The van der Waals surface area contributed by atoms with Crippen LogP contribution in [0.1, 0.15) is 43.4 Å². The van der Waals surface area contributed by atoms with Crippen molar-refractivity contribution in [2.24, 2.45) is 16.9 Å². The third-order valence-electron chi connectivity index (χ3n) is 7.52. The van der Waals surface area contributed by atoms with Gasteiger partial charge in [-0.05, 0) is 56.0 Å². The van der Waals surface area contributed by atoms with E-state index in [9.17, 15) is 4.79 Å². The molecule has 37 heavy (non-hydrogen) atoms. The topological polar surface area (TPSA) is 63.6 Å². The Morgan fingerprint density at radius 3 is 2.14 bits per heavy atom. The number of hydrazone groups is 1. The first-order valence-electron chi connectivity index (χ1n) is 13.2. The molecule has 1 saturated heterocycles. The molecule has 0 saturated carbocycles. The molecule has 1 aliphatic carbocycles. The highest BCUT2D eigenvalue weighted by Gasteiger charge is 2.40. The minimum Gasteiger partial charge on any atom is -0.493 e. The molecular formula is C30H37N3O4. The molecule has 196 valence electrons. The molecule has 1 amide bonds. The third kappa shape index (κ3) is 5.58. The molecule has 0 N–H and O–H groups in total. The van der Waals surface area contributed by atoms with E-state index in [1.54, 1.807) is 19.2 Å². The predicted octanol–water partition coefficient (Wildman–Crippen LogP) is 4.64. The second-order valence-corrected chi connectivity index (χ2v) is 10.4. The summed E-state index contributed by atoms with van der Waals surface area (Å²) in [6.07, 6.45) is 6.34.